The summed E-state index contributed by atoms with van der Waals surface area (Å²) in [5.41, 5.74) is 6.51. The number of rotatable bonds is 10. The largest absolute Gasteiger partial charge is 0.475 e. The van der Waals surface area contributed by atoms with E-state index in [-0.39, 0.29) is 24.6 Å². The van der Waals surface area contributed by atoms with Gasteiger partial charge in [-0.05, 0) is 56.4 Å². The molecule has 0 aliphatic carbocycles. The summed E-state index contributed by atoms with van der Waals surface area (Å²) >= 11 is 0. The second-order valence-corrected chi connectivity index (χ2v) is 7.88. The number of nitrogens with one attached hydrogen (secondary N) is 2. The molecule has 0 fully saturated rings. The lowest BCUT2D eigenvalue weighted by Crippen LogP contribution is -2.48. The first-order valence-electron chi connectivity index (χ1n) is 10.9. The smallest absolute Gasteiger partial charge is 0.429 e. The van der Waals surface area contributed by atoms with E-state index >= 15 is 0 Å². The molecule has 0 saturated carbocycles. The van der Waals surface area contributed by atoms with Crippen LogP contribution in [0, 0.1) is 12.3 Å². The third kappa shape index (κ3) is 6.97. The first kappa shape index (κ1) is 26.2. The van der Waals surface area contributed by atoms with Gasteiger partial charge >= 0.3 is 12.1 Å². The maximum absolute atomic E-state index is 13.8. The molecule has 0 spiro atoms. The summed E-state index contributed by atoms with van der Waals surface area (Å²) in [6, 6.07) is 2.27. The number of aryl methyl sites for hydroxylation is 2. The predicted octanol–water partition coefficient (Wildman–Crippen LogP) is 3.81. The van der Waals surface area contributed by atoms with Crippen molar-refractivity contribution in [3.63, 3.8) is 0 Å². The Morgan fingerprint density at radius 3 is 2.55 bits per heavy atom. The maximum Gasteiger partial charge on any atom is 0.429 e. The SMILES string of the molecule is CCOC(=O)[C@H](CCCCC(=N)N)NC(=O)C1=Cc2cc(C)cc(CC)c2O[C@@H]1C(F)(F)F. The molecule has 2 atom stereocenters. The normalized spacial score (nSPS) is 16.2. The van der Waals surface area contributed by atoms with E-state index in [9.17, 15) is 22.8 Å². The van der Waals surface area contributed by atoms with E-state index in [0.717, 1.165) is 5.56 Å². The van der Waals surface area contributed by atoms with Gasteiger partial charge in [-0.3, -0.25) is 10.2 Å². The Hall–Kier alpha value is -3.04. The molecular formula is C23H30F3N3O4. The van der Waals surface area contributed by atoms with E-state index in [1.807, 2.05) is 6.92 Å². The van der Waals surface area contributed by atoms with Gasteiger partial charge < -0.3 is 20.5 Å². The van der Waals surface area contributed by atoms with Crippen molar-refractivity contribution < 1.29 is 32.2 Å². The molecule has 1 amide bonds. The number of carbonyl (C=O) groups excluding carboxylic acids is 2. The van der Waals surface area contributed by atoms with Gasteiger partial charge in [0.25, 0.3) is 5.91 Å². The monoisotopic (exact) mass is 469 g/mol. The van der Waals surface area contributed by atoms with Gasteiger partial charge in [-0.1, -0.05) is 19.4 Å². The van der Waals surface area contributed by atoms with Crippen molar-refractivity contribution in [2.45, 2.75) is 71.2 Å². The van der Waals surface area contributed by atoms with Gasteiger partial charge in [0, 0.05) is 12.0 Å². The van der Waals surface area contributed by atoms with Crippen LogP contribution in [0.15, 0.2) is 17.7 Å². The van der Waals surface area contributed by atoms with Gasteiger partial charge in [0.15, 0.2) is 0 Å². The molecule has 1 aromatic carbocycles. The Morgan fingerprint density at radius 2 is 1.97 bits per heavy atom. The van der Waals surface area contributed by atoms with Crippen LogP contribution in [0.1, 0.15) is 56.2 Å². The number of halogens is 3. The molecule has 0 bridgehead atoms. The topological polar surface area (TPSA) is 115 Å². The molecule has 4 N–H and O–H groups in total. The Labute approximate surface area is 191 Å². The van der Waals surface area contributed by atoms with E-state index in [2.05, 4.69) is 5.32 Å². The van der Waals surface area contributed by atoms with Crippen LogP contribution in [0.3, 0.4) is 0 Å². The van der Waals surface area contributed by atoms with E-state index in [1.54, 1.807) is 26.0 Å². The zero-order valence-corrected chi connectivity index (χ0v) is 19.0. The lowest BCUT2D eigenvalue weighted by atomic mass is 9.95. The lowest BCUT2D eigenvalue weighted by molar-refractivity contribution is -0.185. The van der Waals surface area contributed by atoms with Crippen LogP contribution in [-0.2, 0) is 20.7 Å². The predicted molar refractivity (Wildman–Crippen MR) is 118 cm³/mol. The molecule has 1 aliphatic rings. The van der Waals surface area contributed by atoms with Crippen LogP contribution in [-0.4, -0.2) is 42.6 Å². The number of alkyl halides is 3. The number of amides is 1. The van der Waals surface area contributed by atoms with E-state index < -0.39 is 35.8 Å². The van der Waals surface area contributed by atoms with Crippen molar-refractivity contribution in [1.29, 1.82) is 5.41 Å². The number of carbonyl (C=O) groups is 2. The van der Waals surface area contributed by atoms with Crippen LogP contribution in [0.4, 0.5) is 13.2 Å². The molecule has 10 heteroatoms. The molecule has 33 heavy (non-hydrogen) atoms. The Balaban J connectivity index is 2.34. The van der Waals surface area contributed by atoms with Crippen molar-refractivity contribution >= 4 is 23.8 Å². The minimum Gasteiger partial charge on any atom is -0.475 e. The quantitative estimate of drug-likeness (QED) is 0.209. The number of esters is 1. The van der Waals surface area contributed by atoms with Crippen molar-refractivity contribution in [2.24, 2.45) is 5.73 Å². The summed E-state index contributed by atoms with van der Waals surface area (Å²) in [4.78, 5) is 25.3. The summed E-state index contributed by atoms with van der Waals surface area (Å²) in [7, 11) is 0. The molecule has 0 aromatic heterocycles. The number of benzene rings is 1. The average Bonchev–Trinajstić information content (AvgIpc) is 2.73. The molecule has 7 nitrogen and oxygen atoms in total. The van der Waals surface area contributed by atoms with Gasteiger partial charge in [-0.2, -0.15) is 13.2 Å². The minimum atomic E-state index is -4.84. The number of fused-ring (bicyclic) bond motifs is 1. The molecule has 0 unspecified atom stereocenters. The summed E-state index contributed by atoms with van der Waals surface area (Å²) in [5, 5.41) is 9.64. The summed E-state index contributed by atoms with van der Waals surface area (Å²) in [6.07, 6.45) is -4.29. The molecule has 1 heterocycles. The Morgan fingerprint density at radius 1 is 1.27 bits per heavy atom. The first-order valence-corrected chi connectivity index (χ1v) is 10.9. The highest BCUT2D eigenvalue weighted by atomic mass is 19.4. The molecular weight excluding hydrogens is 439 g/mol. The zero-order valence-electron chi connectivity index (χ0n) is 19.0. The van der Waals surface area contributed by atoms with E-state index in [1.165, 1.54) is 6.08 Å². The Kier molecular flexibility index (Phi) is 8.90. The Bertz CT molecular complexity index is 928. The number of hydrogen-bond donors (Lipinski definition) is 3. The van der Waals surface area contributed by atoms with Gasteiger partial charge in [0.1, 0.15) is 11.8 Å². The van der Waals surface area contributed by atoms with Crippen LogP contribution in [0.25, 0.3) is 6.08 Å². The highest BCUT2D eigenvalue weighted by Crippen LogP contribution is 2.40. The lowest BCUT2D eigenvalue weighted by Gasteiger charge is -2.30. The number of unbranched alkanes of at least 4 members (excludes halogenated alkanes) is 1. The number of amidine groups is 1. The van der Waals surface area contributed by atoms with Crippen molar-refractivity contribution in [3.8, 4) is 5.75 Å². The van der Waals surface area contributed by atoms with Crippen molar-refractivity contribution in [2.75, 3.05) is 6.61 Å². The minimum absolute atomic E-state index is 0.00958. The molecule has 0 radical (unpaired) electrons. The van der Waals surface area contributed by atoms with Crippen molar-refractivity contribution in [1.82, 2.24) is 5.32 Å². The molecule has 1 aromatic rings. The van der Waals surface area contributed by atoms with Crippen LogP contribution in [0.2, 0.25) is 0 Å². The summed E-state index contributed by atoms with van der Waals surface area (Å²) in [5.74, 6) is -1.69. The molecule has 1 aliphatic heterocycles. The molecule has 2 rings (SSSR count). The second kappa shape index (κ2) is 11.2. The third-order valence-corrected chi connectivity index (χ3v) is 5.17. The van der Waals surface area contributed by atoms with E-state index in [0.29, 0.717) is 36.8 Å². The fraction of sp³-hybridized carbons (Fsp3) is 0.522. The average molecular weight is 470 g/mol. The van der Waals surface area contributed by atoms with Gasteiger partial charge in [0.2, 0.25) is 6.10 Å². The van der Waals surface area contributed by atoms with Gasteiger partial charge in [-0.25, -0.2) is 4.79 Å². The van der Waals surface area contributed by atoms with Gasteiger partial charge in [0.05, 0.1) is 18.0 Å². The van der Waals surface area contributed by atoms with Crippen LogP contribution < -0.4 is 15.8 Å². The summed E-state index contributed by atoms with van der Waals surface area (Å²) < 4.78 is 51.8. The highest BCUT2D eigenvalue weighted by molar-refractivity contribution is 6.02. The summed E-state index contributed by atoms with van der Waals surface area (Å²) in [6.45, 7) is 5.26. The van der Waals surface area contributed by atoms with Gasteiger partial charge in [-0.15, -0.1) is 0 Å². The fourth-order valence-electron chi connectivity index (χ4n) is 3.64. The van der Waals surface area contributed by atoms with Crippen LogP contribution >= 0.6 is 0 Å². The second-order valence-electron chi connectivity index (χ2n) is 7.88. The molecule has 182 valence electrons. The zero-order chi connectivity index (χ0) is 24.8. The maximum atomic E-state index is 13.8. The number of nitrogens with two attached hydrogens (primary N) is 1. The first-order chi connectivity index (χ1) is 15.5. The highest BCUT2D eigenvalue weighted by Gasteiger charge is 2.49. The standard InChI is InChI=1S/C23H30F3N3O4/c1-4-14-10-13(3)11-15-12-16(20(23(24,25)26)33-19(14)15)21(30)29-17(22(31)32-5-2)8-6-7-9-18(27)28/h10-12,17,20H,4-9H2,1-3H3,(H3,27,28)(H,29,30)/t17-,20-/m0/s1. The van der Waals surface area contributed by atoms with E-state index in [4.69, 9.17) is 20.6 Å². The number of ether oxygens (including phenoxy) is 2. The van der Waals surface area contributed by atoms with Crippen LogP contribution in [0.5, 0.6) is 5.75 Å². The number of hydrogen-bond acceptors (Lipinski definition) is 5. The van der Waals surface area contributed by atoms with Crippen molar-refractivity contribution in [3.05, 3.63) is 34.4 Å². The fourth-order valence-corrected chi connectivity index (χ4v) is 3.64. The third-order valence-electron chi connectivity index (χ3n) is 5.17. The molecule has 0 saturated heterocycles.